The van der Waals surface area contributed by atoms with Crippen molar-refractivity contribution < 1.29 is 14.0 Å². The van der Waals surface area contributed by atoms with E-state index in [1.807, 2.05) is 41.8 Å². The second-order valence-corrected chi connectivity index (χ2v) is 10.0. The van der Waals surface area contributed by atoms with Gasteiger partial charge in [0.1, 0.15) is 0 Å². The number of ketones is 1. The number of amides is 1. The maximum Gasteiger partial charge on any atom is 0.286 e. The number of thioether (sulfide) groups is 1. The number of rotatable bonds is 9. The highest BCUT2D eigenvalue weighted by atomic mass is 35.5. The van der Waals surface area contributed by atoms with Gasteiger partial charge in [-0.3, -0.25) is 9.59 Å². The van der Waals surface area contributed by atoms with Crippen molar-refractivity contribution in [3.8, 4) is 0 Å². The van der Waals surface area contributed by atoms with Crippen LogP contribution in [0.15, 0.2) is 9.64 Å². The molecule has 1 saturated carbocycles. The van der Waals surface area contributed by atoms with Gasteiger partial charge in [0, 0.05) is 11.3 Å². The lowest BCUT2D eigenvalue weighted by molar-refractivity contribution is -0.128. The lowest BCUT2D eigenvalue weighted by atomic mass is 9.83. The summed E-state index contributed by atoms with van der Waals surface area (Å²) >= 11 is 1.42. The Hall–Kier alpha value is -1.12. The molecule has 1 N–H and O–H groups in total. The van der Waals surface area contributed by atoms with Gasteiger partial charge in [-0.25, -0.2) is 0 Å². The third kappa shape index (κ3) is 7.57. The molecule has 1 fully saturated rings. The molecule has 2 rings (SSSR count). The molecule has 0 aromatic carbocycles. The summed E-state index contributed by atoms with van der Waals surface area (Å²) in [4.78, 5) is 28.1. The van der Waals surface area contributed by atoms with E-state index in [0.717, 1.165) is 25.7 Å². The Bertz CT molecular complexity index is 666. The SMILES string of the molecule is CC(C)C[C@H](NC(=O)[C@@H]1CCCC[C@@H]1N(C)C)C(=O)c1nnc(SC(C)C)o1.Cl. The second kappa shape index (κ2) is 11.9. The normalized spacial score (nSPS) is 20.6. The number of nitrogens with one attached hydrogen (secondary N) is 1. The van der Waals surface area contributed by atoms with E-state index in [1.54, 1.807) is 0 Å². The van der Waals surface area contributed by atoms with Crippen LogP contribution in [0.5, 0.6) is 0 Å². The van der Waals surface area contributed by atoms with Gasteiger partial charge in [0.05, 0.1) is 12.0 Å². The molecule has 1 aromatic heterocycles. The summed E-state index contributed by atoms with van der Waals surface area (Å²) in [6.45, 7) is 8.10. The minimum atomic E-state index is -0.644. The van der Waals surface area contributed by atoms with Crippen LogP contribution in [-0.4, -0.2) is 58.2 Å². The average molecular weight is 447 g/mol. The predicted octanol–water partition coefficient (Wildman–Crippen LogP) is 3.83. The zero-order chi connectivity index (χ0) is 20.8. The fraction of sp³-hybridized carbons (Fsp3) is 0.800. The number of nitrogens with zero attached hydrogens (tertiary/aromatic N) is 3. The summed E-state index contributed by atoms with van der Waals surface area (Å²) in [6, 6.07) is -0.435. The van der Waals surface area contributed by atoms with Gasteiger partial charge in [0.15, 0.2) is 0 Å². The van der Waals surface area contributed by atoms with Gasteiger partial charge >= 0.3 is 0 Å². The summed E-state index contributed by atoms with van der Waals surface area (Å²) in [5.74, 6) is -0.225. The molecule has 0 spiro atoms. The van der Waals surface area contributed by atoms with Crippen LogP contribution in [0.3, 0.4) is 0 Å². The van der Waals surface area contributed by atoms with Crippen LogP contribution >= 0.6 is 24.2 Å². The van der Waals surface area contributed by atoms with E-state index in [1.165, 1.54) is 11.8 Å². The zero-order valence-electron chi connectivity index (χ0n) is 18.3. The smallest absolute Gasteiger partial charge is 0.286 e. The minimum absolute atomic E-state index is 0. The Morgan fingerprint density at radius 2 is 1.83 bits per heavy atom. The molecule has 0 radical (unpaired) electrons. The molecule has 0 aliphatic heterocycles. The molecular weight excluding hydrogens is 412 g/mol. The van der Waals surface area contributed by atoms with Crippen molar-refractivity contribution >= 4 is 35.9 Å². The largest absolute Gasteiger partial charge is 0.408 e. The molecule has 1 amide bonds. The van der Waals surface area contributed by atoms with E-state index in [2.05, 4.69) is 20.4 Å². The first-order valence-electron chi connectivity index (χ1n) is 10.2. The number of hydrogen-bond donors (Lipinski definition) is 1. The molecule has 9 heteroatoms. The van der Waals surface area contributed by atoms with E-state index in [0.29, 0.717) is 11.6 Å². The van der Waals surface area contributed by atoms with E-state index in [-0.39, 0.29) is 53.1 Å². The first-order valence-corrected chi connectivity index (χ1v) is 11.1. The maximum absolute atomic E-state index is 13.0. The fourth-order valence-electron chi connectivity index (χ4n) is 3.72. The molecule has 166 valence electrons. The Labute approximate surface area is 184 Å². The zero-order valence-corrected chi connectivity index (χ0v) is 19.9. The quantitative estimate of drug-likeness (QED) is 0.455. The number of halogens is 1. The topological polar surface area (TPSA) is 88.3 Å². The molecule has 0 saturated heterocycles. The molecule has 1 heterocycles. The molecule has 3 atom stereocenters. The molecule has 1 aromatic rings. The molecule has 0 bridgehead atoms. The third-order valence-electron chi connectivity index (χ3n) is 5.02. The molecule has 1 aliphatic carbocycles. The van der Waals surface area contributed by atoms with Crippen LogP contribution in [0.25, 0.3) is 0 Å². The molecular formula is C20H35ClN4O3S. The second-order valence-electron chi connectivity index (χ2n) is 8.52. The number of carbonyl (C=O) groups is 2. The lowest BCUT2D eigenvalue weighted by Crippen LogP contribution is -2.50. The van der Waals surface area contributed by atoms with Gasteiger partial charge in [-0.1, -0.05) is 52.3 Å². The predicted molar refractivity (Wildman–Crippen MR) is 118 cm³/mol. The maximum atomic E-state index is 13.0. The van der Waals surface area contributed by atoms with E-state index >= 15 is 0 Å². The van der Waals surface area contributed by atoms with E-state index < -0.39 is 6.04 Å². The summed E-state index contributed by atoms with van der Waals surface area (Å²) in [7, 11) is 4.03. The van der Waals surface area contributed by atoms with E-state index in [4.69, 9.17) is 4.42 Å². The van der Waals surface area contributed by atoms with Gasteiger partial charge in [-0.2, -0.15) is 0 Å². The first-order chi connectivity index (χ1) is 13.2. The van der Waals surface area contributed by atoms with Crippen molar-refractivity contribution in [3.05, 3.63) is 5.89 Å². The van der Waals surface area contributed by atoms with Crippen LogP contribution in [0.4, 0.5) is 0 Å². The van der Waals surface area contributed by atoms with Crippen LogP contribution in [0.1, 0.15) is 70.5 Å². The number of hydrogen-bond acceptors (Lipinski definition) is 7. The molecule has 29 heavy (non-hydrogen) atoms. The van der Waals surface area contributed by atoms with Crippen LogP contribution in [0, 0.1) is 11.8 Å². The summed E-state index contributed by atoms with van der Waals surface area (Å²) in [5.41, 5.74) is 0. The van der Waals surface area contributed by atoms with Crippen LogP contribution in [0.2, 0.25) is 0 Å². The average Bonchev–Trinajstić information content (AvgIpc) is 3.07. The van der Waals surface area contributed by atoms with Crippen molar-refractivity contribution in [1.82, 2.24) is 20.4 Å². The van der Waals surface area contributed by atoms with Gasteiger partial charge in [0.25, 0.3) is 11.1 Å². The van der Waals surface area contributed by atoms with Crippen molar-refractivity contribution in [3.63, 3.8) is 0 Å². The van der Waals surface area contributed by atoms with E-state index in [9.17, 15) is 9.59 Å². The fourth-order valence-corrected chi connectivity index (χ4v) is 4.34. The number of aromatic nitrogens is 2. The van der Waals surface area contributed by atoms with Crippen molar-refractivity contribution in [2.45, 2.75) is 82.4 Å². The summed E-state index contributed by atoms with van der Waals surface area (Å²) in [6.07, 6.45) is 4.59. The summed E-state index contributed by atoms with van der Waals surface area (Å²) in [5, 5.41) is 11.5. The standard InChI is InChI=1S/C20H34N4O3S.ClH/c1-12(2)11-15(17(25)19-22-23-20(27-19)28-13(3)4)21-18(26)14-9-7-8-10-16(14)24(5)6;/h12-16H,7-11H2,1-6H3,(H,21,26);1H/t14-,15+,16+;/m1./s1. The third-order valence-corrected chi connectivity index (χ3v) is 5.86. The lowest BCUT2D eigenvalue weighted by Gasteiger charge is -2.36. The van der Waals surface area contributed by atoms with Crippen molar-refractivity contribution in [2.24, 2.45) is 11.8 Å². The Kier molecular flexibility index (Phi) is 10.6. The van der Waals surface area contributed by atoms with Crippen LogP contribution < -0.4 is 5.32 Å². The number of carbonyl (C=O) groups excluding carboxylic acids is 2. The summed E-state index contributed by atoms with van der Waals surface area (Å²) < 4.78 is 5.54. The van der Waals surface area contributed by atoms with Gasteiger partial charge in [-0.15, -0.1) is 22.6 Å². The Morgan fingerprint density at radius 1 is 1.17 bits per heavy atom. The van der Waals surface area contributed by atoms with Crippen molar-refractivity contribution in [1.29, 1.82) is 0 Å². The Morgan fingerprint density at radius 3 is 2.41 bits per heavy atom. The molecule has 0 unspecified atom stereocenters. The van der Waals surface area contributed by atoms with Gasteiger partial charge in [-0.05, 0) is 39.3 Å². The monoisotopic (exact) mass is 446 g/mol. The molecule has 1 aliphatic rings. The highest BCUT2D eigenvalue weighted by molar-refractivity contribution is 7.99. The Balaban J connectivity index is 0.00000420. The first kappa shape index (κ1) is 25.9. The highest BCUT2D eigenvalue weighted by Crippen LogP contribution is 2.28. The van der Waals surface area contributed by atoms with Crippen molar-refractivity contribution in [2.75, 3.05) is 14.1 Å². The minimum Gasteiger partial charge on any atom is -0.408 e. The van der Waals surface area contributed by atoms with Gasteiger partial charge in [0.2, 0.25) is 11.7 Å². The number of Topliss-reactive ketones (excluding diaryl/α,β-unsaturated/α-hetero) is 1. The highest BCUT2D eigenvalue weighted by Gasteiger charge is 2.35. The van der Waals surface area contributed by atoms with Crippen LogP contribution in [-0.2, 0) is 4.79 Å². The van der Waals surface area contributed by atoms with Gasteiger partial charge < -0.3 is 14.6 Å². The molecule has 7 nitrogen and oxygen atoms in total.